The van der Waals surface area contributed by atoms with E-state index in [1.165, 1.54) is 22.9 Å². The van der Waals surface area contributed by atoms with Gasteiger partial charge in [0.2, 0.25) is 0 Å². The number of hydrogen-bond donors (Lipinski definition) is 2. The molecule has 16 heavy (non-hydrogen) atoms. The Morgan fingerprint density at radius 1 is 1.38 bits per heavy atom. The second-order valence-corrected chi connectivity index (χ2v) is 5.53. The van der Waals surface area contributed by atoms with Crippen molar-refractivity contribution in [2.75, 3.05) is 0 Å². The molecule has 0 aliphatic heterocycles. The summed E-state index contributed by atoms with van der Waals surface area (Å²) in [5.41, 5.74) is 3.10. The van der Waals surface area contributed by atoms with Crippen LogP contribution >= 0.6 is 0 Å². The average molecular weight is 214 g/mol. The van der Waals surface area contributed by atoms with Crippen LogP contribution in [0.15, 0.2) is 30.5 Å². The molecule has 0 amide bonds. The van der Waals surface area contributed by atoms with E-state index in [0.717, 1.165) is 6.54 Å². The van der Waals surface area contributed by atoms with Crippen LogP contribution in [0.2, 0.25) is 0 Å². The van der Waals surface area contributed by atoms with Crippen LogP contribution in [0.1, 0.15) is 25.8 Å². The number of nitrogens with one attached hydrogen (secondary N) is 2. The molecule has 0 saturated heterocycles. The van der Waals surface area contributed by atoms with E-state index in [4.69, 9.17) is 0 Å². The SMILES string of the molecule is CC1(C)CC1NCc1ccc2cc[nH]c2c1. The van der Waals surface area contributed by atoms with Gasteiger partial charge in [0, 0.05) is 24.3 Å². The summed E-state index contributed by atoms with van der Waals surface area (Å²) in [6.07, 6.45) is 3.30. The Labute approximate surface area is 96.1 Å². The highest BCUT2D eigenvalue weighted by Crippen LogP contribution is 2.44. The zero-order valence-corrected chi connectivity index (χ0v) is 9.88. The van der Waals surface area contributed by atoms with Crippen molar-refractivity contribution in [3.8, 4) is 0 Å². The fraction of sp³-hybridized carbons (Fsp3) is 0.429. The van der Waals surface area contributed by atoms with E-state index >= 15 is 0 Å². The molecule has 2 heteroatoms. The summed E-state index contributed by atoms with van der Waals surface area (Å²) >= 11 is 0. The molecule has 0 bridgehead atoms. The second kappa shape index (κ2) is 3.36. The van der Waals surface area contributed by atoms with Crippen molar-refractivity contribution in [3.05, 3.63) is 36.0 Å². The monoisotopic (exact) mass is 214 g/mol. The minimum absolute atomic E-state index is 0.510. The molecule has 1 saturated carbocycles. The molecule has 3 rings (SSSR count). The van der Waals surface area contributed by atoms with Crippen molar-refractivity contribution in [2.24, 2.45) is 5.41 Å². The van der Waals surface area contributed by atoms with Gasteiger partial charge in [-0.3, -0.25) is 0 Å². The Kier molecular flexibility index (Phi) is 2.08. The molecular formula is C14H18N2. The fourth-order valence-corrected chi connectivity index (χ4v) is 2.26. The predicted molar refractivity (Wildman–Crippen MR) is 67.3 cm³/mol. The zero-order chi connectivity index (χ0) is 11.2. The van der Waals surface area contributed by atoms with Crippen LogP contribution in [0.5, 0.6) is 0 Å². The van der Waals surface area contributed by atoms with E-state index in [1.54, 1.807) is 0 Å². The lowest BCUT2D eigenvalue weighted by molar-refractivity contribution is 0.542. The van der Waals surface area contributed by atoms with Crippen molar-refractivity contribution in [2.45, 2.75) is 32.9 Å². The summed E-state index contributed by atoms with van der Waals surface area (Å²) < 4.78 is 0. The van der Waals surface area contributed by atoms with Gasteiger partial charge >= 0.3 is 0 Å². The molecule has 1 aliphatic rings. The highest BCUT2D eigenvalue weighted by atomic mass is 15.0. The summed E-state index contributed by atoms with van der Waals surface area (Å²) in [4.78, 5) is 3.25. The molecule has 1 aliphatic carbocycles. The number of fused-ring (bicyclic) bond motifs is 1. The number of rotatable bonds is 3. The van der Waals surface area contributed by atoms with Gasteiger partial charge < -0.3 is 10.3 Å². The second-order valence-electron chi connectivity index (χ2n) is 5.53. The van der Waals surface area contributed by atoms with Gasteiger partial charge in [-0.25, -0.2) is 0 Å². The zero-order valence-electron chi connectivity index (χ0n) is 9.88. The van der Waals surface area contributed by atoms with Gasteiger partial charge in [0.15, 0.2) is 0 Å². The van der Waals surface area contributed by atoms with Crippen LogP contribution < -0.4 is 5.32 Å². The average Bonchev–Trinajstić information content (AvgIpc) is 2.69. The van der Waals surface area contributed by atoms with Crippen LogP contribution in [-0.2, 0) is 6.54 Å². The molecular weight excluding hydrogens is 196 g/mol. The molecule has 1 aromatic carbocycles. The Bertz CT molecular complexity index is 510. The third-order valence-corrected chi connectivity index (χ3v) is 3.69. The minimum atomic E-state index is 0.510. The maximum Gasteiger partial charge on any atom is 0.0457 e. The Morgan fingerprint density at radius 3 is 2.94 bits per heavy atom. The van der Waals surface area contributed by atoms with Crippen LogP contribution in [0.3, 0.4) is 0 Å². The standard InChI is InChI=1S/C14H18N2/c1-14(2)8-13(14)16-9-10-3-4-11-5-6-15-12(11)7-10/h3-7,13,15-16H,8-9H2,1-2H3. The van der Waals surface area contributed by atoms with Crippen molar-refractivity contribution in [3.63, 3.8) is 0 Å². The number of aromatic amines is 1. The normalized spacial score (nSPS) is 22.5. The van der Waals surface area contributed by atoms with E-state index in [9.17, 15) is 0 Å². The molecule has 2 aromatic rings. The van der Waals surface area contributed by atoms with E-state index in [0.29, 0.717) is 11.5 Å². The summed E-state index contributed by atoms with van der Waals surface area (Å²) in [7, 11) is 0. The predicted octanol–water partition coefficient (Wildman–Crippen LogP) is 3.06. The molecule has 1 unspecified atom stereocenters. The Morgan fingerprint density at radius 2 is 2.19 bits per heavy atom. The molecule has 1 atom stereocenters. The highest BCUT2D eigenvalue weighted by Gasteiger charge is 2.44. The maximum absolute atomic E-state index is 3.61. The quantitative estimate of drug-likeness (QED) is 0.807. The largest absolute Gasteiger partial charge is 0.361 e. The Balaban J connectivity index is 1.70. The minimum Gasteiger partial charge on any atom is -0.361 e. The van der Waals surface area contributed by atoms with E-state index in [1.807, 2.05) is 6.20 Å². The van der Waals surface area contributed by atoms with Crippen molar-refractivity contribution in [1.82, 2.24) is 10.3 Å². The van der Waals surface area contributed by atoms with Crippen molar-refractivity contribution in [1.29, 1.82) is 0 Å². The van der Waals surface area contributed by atoms with E-state index < -0.39 is 0 Å². The van der Waals surface area contributed by atoms with E-state index in [2.05, 4.69) is 48.4 Å². The molecule has 0 radical (unpaired) electrons. The summed E-state index contributed by atoms with van der Waals surface area (Å²) in [5, 5.41) is 4.89. The first-order valence-electron chi connectivity index (χ1n) is 5.94. The van der Waals surface area contributed by atoms with Gasteiger partial charge in [-0.2, -0.15) is 0 Å². The lowest BCUT2D eigenvalue weighted by Gasteiger charge is -2.06. The van der Waals surface area contributed by atoms with Gasteiger partial charge in [0.05, 0.1) is 0 Å². The van der Waals surface area contributed by atoms with Gasteiger partial charge in [-0.1, -0.05) is 26.0 Å². The lowest BCUT2D eigenvalue weighted by atomic mass is 10.1. The summed E-state index contributed by atoms with van der Waals surface area (Å²) in [6, 6.07) is 9.43. The molecule has 84 valence electrons. The molecule has 1 fully saturated rings. The number of hydrogen-bond acceptors (Lipinski definition) is 1. The van der Waals surface area contributed by atoms with Crippen LogP contribution in [-0.4, -0.2) is 11.0 Å². The number of benzene rings is 1. The highest BCUT2D eigenvalue weighted by molar-refractivity contribution is 5.79. The first kappa shape index (κ1) is 9.91. The Hall–Kier alpha value is -1.28. The van der Waals surface area contributed by atoms with E-state index in [-0.39, 0.29) is 0 Å². The number of H-pyrrole nitrogens is 1. The maximum atomic E-state index is 3.61. The smallest absolute Gasteiger partial charge is 0.0457 e. The van der Waals surface area contributed by atoms with Crippen molar-refractivity contribution >= 4 is 10.9 Å². The van der Waals surface area contributed by atoms with Crippen molar-refractivity contribution < 1.29 is 0 Å². The van der Waals surface area contributed by atoms with Crippen LogP contribution in [0.4, 0.5) is 0 Å². The van der Waals surface area contributed by atoms with Crippen LogP contribution in [0, 0.1) is 5.41 Å². The number of aromatic nitrogens is 1. The molecule has 2 N–H and O–H groups in total. The molecule has 0 spiro atoms. The first-order chi connectivity index (χ1) is 7.65. The summed E-state index contributed by atoms with van der Waals surface area (Å²) in [5.74, 6) is 0. The first-order valence-corrected chi connectivity index (χ1v) is 5.94. The third kappa shape index (κ3) is 1.74. The lowest BCUT2D eigenvalue weighted by Crippen LogP contribution is -2.19. The third-order valence-electron chi connectivity index (χ3n) is 3.69. The molecule has 2 nitrogen and oxygen atoms in total. The van der Waals surface area contributed by atoms with Gasteiger partial charge in [0.25, 0.3) is 0 Å². The topological polar surface area (TPSA) is 27.8 Å². The summed E-state index contributed by atoms with van der Waals surface area (Å²) in [6.45, 7) is 5.61. The fourth-order valence-electron chi connectivity index (χ4n) is 2.26. The molecule has 1 heterocycles. The van der Waals surface area contributed by atoms with Gasteiger partial charge in [-0.15, -0.1) is 0 Å². The van der Waals surface area contributed by atoms with Crippen LogP contribution in [0.25, 0.3) is 10.9 Å². The van der Waals surface area contributed by atoms with Gasteiger partial charge in [-0.05, 0) is 34.9 Å². The molecule has 1 aromatic heterocycles. The van der Waals surface area contributed by atoms with Gasteiger partial charge in [0.1, 0.15) is 0 Å².